The Morgan fingerprint density at radius 1 is 0.966 bits per heavy atom. The van der Waals surface area contributed by atoms with Gasteiger partial charge in [0.15, 0.2) is 0 Å². The van der Waals surface area contributed by atoms with Gasteiger partial charge in [0.05, 0.1) is 6.10 Å². The Labute approximate surface area is 169 Å². The van der Waals surface area contributed by atoms with Crippen LogP contribution in [0.2, 0.25) is 0 Å². The van der Waals surface area contributed by atoms with Crippen molar-refractivity contribution in [3.63, 3.8) is 0 Å². The molecule has 0 aliphatic carbocycles. The highest BCUT2D eigenvalue weighted by atomic mass is 16.5. The predicted molar refractivity (Wildman–Crippen MR) is 112 cm³/mol. The van der Waals surface area contributed by atoms with E-state index in [4.69, 9.17) is 4.74 Å². The van der Waals surface area contributed by atoms with Crippen LogP contribution in [0.15, 0.2) is 72.9 Å². The van der Waals surface area contributed by atoms with E-state index >= 15 is 0 Å². The summed E-state index contributed by atoms with van der Waals surface area (Å²) in [5.41, 5.74) is 2.16. The van der Waals surface area contributed by atoms with E-state index in [0.717, 1.165) is 11.3 Å². The maximum atomic E-state index is 12.5. The maximum Gasteiger partial charge on any atom is 0.274 e. The van der Waals surface area contributed by atoms with Crippen molar-refractivity contribution in [2.45, 2.75) is 26.5 Å². The molecule has 2 amide bonds. The number of amides is 2. The molecule has 3 aromatic rings. The summed E-state index contributed by atoms with van der Waals surface area (Å²) in [6, 6.07) is 19.8. The summed E-state index contributed by atoms with van der Waals surface area (Å²) in [5, 5.41) is 5.61. The van der Waals surface area contributed by atoms with Crippen molar-refractivity contribution in [1.82, 2.24) is 10.3 Å². The fourth-order valence-electron chi connectivity index (χ4n) is 2.66. The molecule has 0 saturated heterocycles. The summed E-state index contributed by atoms with van der Waals surface area (Å²) < 4.78 is 5.59. The number of benzene rings is 2. The van der Waals surface area contributed by atoms with Crippen molar-refractivity contribution in [1.29, 1.82) is 0 Å². The van der Waals surface area contributed by atoms with Gasteiger partial charge < -0.3 is 15.4 Å². The second-order valence-electron chi connectivity index (χ2n) is 6.74. The van der Waals surface area contributed by atoms with Gasteiger partial charge in [-0.25, -0.2) is 0 Å². The van der Waals surface area contributed by atoms with Crippen LogP contribution in [0.4, 0.5) is 5.69 Å². The number of hydrogen-bond donors (Lipinski definition) is 2. The topological polar surface area (TPSA) is 80.3 Å². The van der Waals surface area contributed by atoms with Crippen LogP contribution >= 0.6 is 0 Å². The first-order valence-corrected chi connectivity index (χ1v) is 9.37. The number of ether oxygens (including phenoxy) is 1. The lowest BCUT2D eigenvalue weighted by molar-refractivity contribution is 0.0950. The van der Waals surface area contributed by atoms with E-state index in [2.05, 4.69) is 15.6 Å². The summed E-state index contributed by atoms with van der Waals surface area (Å²) in [7, 11) is 0. The number of rotatable bonds is 7. The van der Waals surface area contributed by atoms with Crippen LogP contribution in [0, 0.1) is 0 Å². The van der Waals surface area contributed by atoms with Crippen LogP contribution in [0.3, 0.4) is 0 Å². The van der Waals surface area contributed by atoms with Crippen molar-refractivity contribution in [2.75, 3.05) is 5.32 Å². The highest BCUT2D eigenvalue weighted by Gasteiger charge is 2.12. The molecule has 0 saturated carbocycles. The lowest BCUT2D eigenvalue weighted by Gasteiger charge is -2.11. The Balaban J connectivity index is 1.62. The van der Waals surface area contributed by atoms with E-state index in [0.29, 0.717) is 17.8 Å². The van der Waals surface area contributed by atoms with Crippen molar-refractivity contribution < 1.29 is 14.3 Å². The Hall–Kier alpha value is -3.67. The minimum absolute atomic E-state index is 0.0791. The van der Waals surface area contributed by atoms with Gasteiger partial charge in [0, 0.05) is 24.0 Å². The molecule has 29 heavy (non-hydrogen) atoms. The molecule has 2 aromatic carbocycles. The fourth-order valence-corrected chi connectivity index (χ4v) is 2.66. The summed E-state index contributed by atoms with van der Waals surface area (Å²) in [4.78, 5) is 29.0. The minimum atomic E-state index is -0.389. The minimum Gasteiger partial charge on any atom is -0.491 e. The Bertz CT molecular complexity index is 970. The average molecular weight is 389 g/mol. The Morgan fingerprint density at radius 2 is 1.69 bits per heavy atom. The molecule has 0 atom stereocenters. The number of carbonyl (C=O) groups excluding carboxylic acids is 2. The van der Waals surface area contributed by atoms with E-state index in [1.807, 2.05) is 44.2 Å². The molecule has 0 bridgehead atoms. The third-order valence-electron chi connectivity index (χ3n) is 4.03. The quantitative estimate of drug-likeness (QED) is 0.639. The molecule has 6 heteroatoms. The molecule has 1 heterocycles. The molecular formula is C23H23N3O3. The van der Waals surface area contributed by atoms with Crippen LogP contribution in [0.25, 0.3) is 0 Å². The molecule has 0 aliphatic heterocycles. The van der Waals surface area contributed by atoms with Gasteiger partial charge >= 0.3 is 0 Å². The maximum absolute atomic E-state index is 12.5. The summed E-state index contributed by atoms with van der Waals surface area (Å²) in [6.07, 6.45) is 1.53. The number of aromatic nitrogens is 1. The number of carbonyl (C=O) groups is 2. The van der Waals surface area contributed by atoms with Crippen LogP contribution in [0.5, 0.6) is 5.75 Å². The fraction of sp³-hybridized carbons (Fsp3) is 0.174. The summed E-state index contributed by atoms with van der Waals surface area (Å²) in [6.45, 7) is 4.31. The van der Waals surface area contributed by atoms with Gasteiger partial charge in [0.25, 0.3) is 11.8 Å². The van der Waals surface area contributed by atoms with Gasteiger partial charge in [-0.3, -0.25) is 14.6 Å². The van der Waals surface area contributed by atoms with Crippen molar-refractivity contribution in [2.24, 2.45) is 0 Å². The monoisotopic (exact) mass is 389 g/mol. The van der Waals surface area contributed by atoms with Gasteiger partial charge in [-0.2, -0.15) is 0 Å². The van der Waals surface area contributed by atoms with E-state index in [1.165, 1.54) is 12.3 Å². The van der Waals surface area contributed by atoms with Gasteiger partial charge in [-0.05, 0) is 55.8 Å². The van der Waals surface area contributed by atoms with Crippen molar-refractivity contribution in [3.8, 4) is 5.75 Å². The Kier molecular flexibility index (Phi) is 6.58. The zero-order chi connectivity index (χ0) is 20.6. The lowest BCUT2D eigenvalue weighted by Crippen LogP contribution is -2.23. The van der Waals surface area contributed by atoms with Crippen LogP contribution in [0.1, 0.15) is 40.3 Å². The first-order valence-electron chi connectivity index (χ1n) is 9.37. The number of nitrogens with one attached hydrogen (secondary N) is 2. The normalized spacial score (nSPS) is 10.4. The van der Waals surface area contributed by atoms with E-state index in [9.17, 15) is 9.59 Å². The molecular weight excluding hydrogens is 366 g/mol. The summed E-state index contributed by atoms with van der Waals surface area (Å²) in [5.74, 6) is 0.0777. The molecule has 3 rings (SSSR count). The number of nitrogens with zero attached hydrogens (tertiary/aromatic N) is 1. The average Bonchev–Trinajstić information content (AvgIpc) is 2.74. The number of hydrogen-bond acceptors (Lipinski definition) is 4. The second-order valence-corrected chi connectivity index (χ2v) is 6.74. The van der Waals surface area contributed by atoms with Crippen molar-refractivity contribution >= 4 is 17.5 Å². The summed E-state index contributed by atoms with van der Waals surface area (Å²) >= 11 is 0. The van der Waals surface area contributed by atoms with Gasteiger partial charge in [0.1, 0.15) is 11.4 Å². The largest absolute Gasteiger partial charge is 0.491 e. The highest BCUT2D eigenvalue weighted by molar-refractivity contribution is 6.04. The van der Waals surface area contributed by atoms with E-state index in [-0.39, 0.29) is 23.6 Å². The first kappa shape index (κ1) is 20.1. The molecule has 6 nitrogen and oxygen atoms in total. The smallest absolute Gasteiger partial charge is 0.274 e. The molecule has 0 fully saturated rings. The molecule has 1 aromatic heterocycles. The second kappa shape index (κ2) is 9.50. The lowest BCUT2D eigenvalue weighted by atomic mass is 10.2. The third-order valence-corrected chi connectivity index (χ3v) is 4.03. The number of anilines is 1. The van der Waals surface area contributed by atoms with Crippen LogP contribution in [-0.4, -0.2) is 22.9 Å². The van der Waals surface area contributed by atoms with Gasteiger partial charge in [-0.15, -0.1) is 0 Å². The molecule has 0 spiro atoms. The van der Waals surface area contributed by atoms with Gasteiger partial charge in [-0.1, -0.05) is 30.3 Å². The number of pyridine rings is 1. The van der Waals surface area contributed by atoms with Gasteiger partial charge in [0.2, 0.25) is 0 Å². The standard InChI is InChI=1S/C23H23N3O3/c1-16(2)29-20-10-8-19(9-11-20)26-23(28)21-14-18(12-13-24-21)22(27)25-15-17-6-4-3-5-7-17/h3-14,16H,15H2,1-2H3,(H,25,27)(H,26,28). The zero-order valence-corrected chi connectivity index (χ0v) is 16.4. The molecule has 0 unspecified atom stereocenters. The van der Waals surface area contributed by atoms with Crippen LogP contribution in [-0.2, 0) is 6.54 Å². The Morgan fingerprint density at radius 3 is 2.38 bits per heavy atom. The third kappa shape index (κ3) is 5.90. The van der Waals surface area contributed by atoms with E-state index < -0.39 is 0 Å². The molecule has 0 aliphatic rings. The SMILES string of the molecule is CC(C)Oc1ccc(NC(=O)c2cc(C(=O)NCc3ccccc3)ccn2)cc1. The molecule has 148 valence electrons. The highest BCUT2D eigenvalue weighted by Crippen LogP contribution is 2.17. The molecule has 0 radical (unpaired) electrons. The predicted octanol–water partition coefficient (Wildman–Crippen LogP) is 4.05. The van der Waals surface area contributed by atoms with E-state index in [1.54, 1.807) is 30.3 Å². The van der Waals surface area contributed by atoms with Crippen molar-refractivity contribution in [3.05, 3.63) is 89.7 Å². The molecule has 2 N–H and O–H groups in total. The van der Waals surface area contributed by atoms with Crippen LogP contribution < -0.4 is 15.4 Å². The zero-order valence-electron chi connectivity index (χ0n) is 16.4. The first-order chi connectivity index (χ1) is 14.0.